The van der Waals surface area contributed by atoms with E-state index in [-0.39, 0.29) is 11.4 Å². The molecule has 1 aromatic carbocycles. The maximum absolute atomic E-state index is 13.2. The number of benzene rings is 1. The number of carboxylic acids is 2. The van der Waals surface area contributed by atoms with Crippen LogP contribution in [0.2, 0.25) is 0 Å². The molecule has 0 fully saturated rings. The summed E-state index contributed by atoms with van der Waals surface area (Å²) in [6, 6.07) is -2.47. The van der Waals surface area contributed by atoms with Crippen LogP contribution >= 0.6 is 0 Å². The van der Waals surface area contributed by atoms with E-state index in [1.807, 2.05) is 0 Å². The molecule has 19 heteroatoms. The molecule has 48 heavy (non-hydrogen) atoms. The van der Waals surface area contributed by atoms with Crippen molar-refractivity contribution in [3.05, 3.63) is 34.4 Å². The summed E-state index contributed by atoms with van der Waals surface area (Å²) < 4.78 is 0. The van der Waals surface area contributed by atoms with Crippen LogP contribution < -0.4 is 31.9 Å². The van der Waals surface area contributed by atoms with Gasteiger partial charge in [-0.25, -0.2) is 0 Å². The second-order valence-electron chi connectivity index (χ2n) is 11.5. The molecule has 0 heterocycles. The van der Waals surface area contributed by atoms with E-state index < -0.39 is 107 Å². The number of non-ortho nitro benzene ring substituents is 1. The third kappa shape index (κ3) is 13.4. The summed E-state index contributed by atoms with van der Waals surface area (Å²) in [5.74, 6) is -9.17. The number of carbonyl (C=O) groups is 8. The van der Waals surface area contributed by atoms with Crippen molar-refractivity contribution in [2.24, 2.45) is 11.8 Å². The number of hydrogen-bond acceptors (Lipinski definition) is 10. The van der Waals surface area contributed by atoms with Crippen molar-refractivity contribution in [2.75, 3.05) is 5.32 Å². The van der Waals surface area contributed by atoms with Crippen molar-refractivity contribution in [3.8, 4) is 0 Å². The summed E-state index contributed by atoms with van der Waals surface area (Å²) in [5, 5.41) is 43.4. The average molecular weight is 680 g/mol. The van der Waals surface area contributed by atoms with Crippen LogP contribution in [-0.4, -0.2) is 92.7 Å². The standard InChI is InChI=1S/C29H41N7O12/c1-13(2)23(31-16(6)37)29(46)34-20(12-22(40)41)27(44)35-24(14(3)4)28(45)30-15(5)25(42)33-19(11-21(38)39)26(43)32-17-7-9-18(10-8-17)36(47)48/h7-10,13-15,19-20,23-24H,11-12H2,1-6H3,(H,30,45)(H,31,37)(H,32,43)(H,33,42)(H,34,46)(H,35,44)(H,38,39)(H,40,41)/t15-,19-,20+,23-,24-/m0/s1. The van der Waals surface area contributed by atoms with Gasteiger partial charge in [0, 0.05) is 24.7 Å². The van der Waals surface area contributed by atoms with E-state index in [1.165, 1.54) is 39.8 Å². The Bertz CT molecular complexity index is 1400. The van der Waals surface area contributed by atoms with Crippen LogP contribution in [0.3, 0.4) is 0 Å². The molecule has 264 valence electrons. The molecule has 19 nitrogen and oxygen atoms in total. The van der Waals surface area contributed by atoms with Crippen LogP contribution in [0.15, 0.2) is 24.3 Å². The molecule has 0 aliphatic rings. The Labute approximate surface area is 275 Å². The smallest absolute Gasteiger partial charge is 0.305 e. The van der Waals surface area contributed by atoms with E-state index in [2.05, 4.69) is 31.9 Å². The molecule has 0 aromatic heterocycles. The predicted molar refractivity (Wildman–Crippen MR) is 167 cm³/mol. The Morgan fingerprint density at radius 3 is 1.52 bits per heavy atom. The van der Waals surface area contributed by atoms with Gasteiger partial charge in [0.05, 0.1) is 17.8 Å². The fourth-order valence-corrected chi connectivity index (χ4v) is 4.13. The molecule has 0 saturated heterocycles. The number of carbonyl (C=O) groups excluding carboxylic acids is 6. The second kappa shape index (κ2) is 18.5. The van der Waals surface area contributed by atoms with Crippen LogP contribution in [-0.2, 0) is 38.4 Å². The van der Waals surface area contributed by atoms with Crippen LogP contribution in [0, 0.1) is 22.0 Å². The number of anilines is 1. The van der Waals surface area contributed by atoms with Gasteiger partial charge in [-0.05, 0) is 30.9 Å². The number of aliphatic carboxylic acids is 2. The molecule has 0 radical (unpaired) electrons. The van der Waals surface area contributed by atoms with E-state index in [9.17, 15) is 58.7 Å². The lowest BCUT2D eigenvalue weighted by atomic mass is 10.0. The van der Waals surface area contributed by atoms with E-state index in [4.69, 9.17) is 0 Å². The van der Waals surface area contributed by atoms with Gasteiger partial charge >= 0.3 is 11.9 Å². The number of nitrogens with zero attached hydrogens (tertiary/aromatic N) is 1. The molecule has 0 bridgehead atoms. The van der Waals surface area contributed by atoms with Crippen molar-refractivity contribution in [3.63, 3.8) is 0 Å². The molecular weight excluding hydrogens is 638 g/mol. The number of amides is 6. The molecule has 1 rings (SSSR count). The van der Waals surface area contributed by atoms with Gasteiger partial charge in [0.1, 0.15) is 30.2 Å². The third-order valence-corrected chi connectivity index (χ3v) is 6.68. The molecule has 0 unspecified atom stereocenters. The summed E-state index contributed by atoms with van der Waals surface area (Å²) in [4.78, 5) is 109. The van der Waals surface area contributed by atoms with Gasteiger partial charge in [-0.1, -0.05) is 27.7 Å². The molecule has 0 aliphatic carbocycles. The first-order valence-electron chi connectivity index (χ1n) is 14.7. The van der Waals surface area contributed by atoms with Gasteiger partial charge in [0.25, 0.3) is 5.69 Å². The van der Waals surface area contributed by atoms with E-state index >= 15 is 0 Å². The van der Waals surface area contributed by atoms with E-state index in [0.29, 0.717) is 0 Å². The minimum Gasteiger partial charge on any atom is -0.481 e. The van der Waals surface area contributed by atoms with Gasteiger partial charge in [-0.2, -0.15) is 0 Å². The molecule has 8 N–H and O–H groups in total. The van der Waals surface area contributed by atoms with Crippen LogP contribution in [0.4, 0.5) is 11.4 Å². The van der Waals surface area contributed by atoms with E-state index in [0.717, 1.165) is 12.1 Å². The summed E-state index contributed by atoms with van der Waals surface area (Å²) in [6.45, 7) is 8.73. The summed E-state index contributed by atoms with van der Waals surface area (Å²) >= 11 is 0. The Balaban J connectivity index is 3.03. The highest BCUT2D eigenvalue weighted by atomic mass is 16.6. The number of rotatable bonds is 18. The van der Waals surface area contributed by atoms with Gasteiger partial charge in [-0.3, -0.25) is 48.5 Å². The topological polar surface area (TPSA) is 292 Å². The van der Waals surface area contributed by atoms with Crippen molar-refractivity contribution < 1.29 is 53.5 Å². The van der Waals surface area contributed by atoms with Gasteiger partial charge in [-0.15, -0.1) is 0 Å². The second-order valence-corrected chi connectivity index (χ2v) is 11.5. The minimum atomic E-state index is -1.65. The normalized spacial score (nSPS) is 13.9. The van der Waals surface area contributed by atoms with Crippen molar-refractivity contribution >= 4 is 58.8 Å². The molecule has 0 aliphatic heterocycles. The minimum absolute atomic E-state index is 0.0827. The van der Waals surface area contributed by atoms with Crippen molar-refractivity contribution in [2.45, 2.75) is 84.6 Å². The van der Waals surface area contributed by atoms with Crippen molar-refractivity contribution in [1.82, 2.24) is 26.6 Å². The van der Waals surface area contributed by atoms with Crippen molar-refractivity contribution in [1.29, 1.82) is 0 Å². The third-order valence-electron chi connectivity index (χ3n) is 6.68. The molecule has 5 atom stereocenters. The molecular formula is C29H41N7O12. The molecule has 1 aromatic rings. The van der Waals surface area contributed by atoms with Gasteiger partial charge < -0.3 is 42.1 Å². The number of carboxylic acid groups (broad SMARTS) is 2. The van der Waals surface area contributed by atoms with Gasteiger partial charge in [0.15, 0.2) is 0 Å². The average Bonchev–Trinajstić information content (AvgIpc) is 2.96. The Kier molecular flexibility index (Phi) is 15.6. The lowest BCUT2D eigenvalue weighted by Gasteiger charge is -2.28. The largest absolute Gasteiger partial charge is 0.481 e. The Morgan fingerprint density at radius 1 is 0.646 bits per heavy atom. The molecule has 6 amide bonds. The Morgan fingerprint density at radius 2 is 1.08 bits per heavy atom. The lowest BCUT2D eigenvalue weighted by molar-refractivity contribution is -0.384. The summed E-state index contributed by atoms with van der Waals surface area (Å²) in [6.07, 6.45) is -1.72. The lowest BCUT2D eigenvalue weighted by Crippen LogP contribution is -2.60. The monoisotopic (exact) mass is 679 g/mol. The predicted octanol–water partition coefficient (Wildman–Crippen LogP) is -0.741. The highest BCUT2D eigenvalue weighted by molar-refractivity contribution is 6.01. The first-order valence-corrected chi connectivity index (χ1v) is 14.7. The number of nitro groups is 1. The fraction of sp³-hybridized carbons (Fsp3) is 0.517. The zero-order valence-corrected chi connectivity index (χ0v) is 27.2. The summed E-state index contributed by atoms with van der Waals surface area (Å²) in [5.41, 5.74) is -0.174. The SMILES string of the molecule is CC(=O)N[C@H](C(=O)N[C@H](CC(=O)O)C(=O)N[C@H](C(=O)N[C@@H](C)C(=O)N[C@@H](CC(=O)O)C(=O)Nc1ccc([N+](=O)[O-])cc1)C(C)C)C(C)C. The maximum Gasteiger partial charge on any atom is 0.305 e. The quantitative estimate of drug-likeness (QED) is 0.0703. The molecule has 0 saturated carbocycles. The highest BCUT2D eigenvalue weighted by Gasteiger charge is 2.34. The van der Waals surface area contributed by atoms with Gasteiger partial charge in [0.2, 0.25) is 35.4 Å². The maximum atomic E-state index is 13.2. The van der Waals surface area contributed by atoms with Crippen LogP contribution in [0.1, 0.15) is 54.4 Å². The number of nitro benzene ring substituents is 1. The van der Waals surface area contributed by atoms with Crippen LogP contribution in [0.25, 0.3) is 0 Å². The fourth-order valence-electron chi connectivity index (χ4n) is 4.13. The zero-order chi connectivity index (χ0) is 36.9. The van der Waals surface area contributed by atoms with Crippen LogP contribution in [0.5, 0.6) is 0 Å². The number of hydrogen-bond donors (Lipinski definition) is 8. The summed E-state index contributed by atoms with van der Waals surface area (Å²) in [7, 11) is 0. The van der Waals surface area contributed by atoms with E-state index in [1.54, 1.807) is 13.8 Å². The highest BCUT2D eigenvalue weighted by Crippen LogP contribution is 2.16. The molecule has 0 spiro atoms. The number of nitrogens with one attached hydrogen (secondary N) is 6. The Hall–Kier alpha value is -5.62. The first-order chi connectivity index (χ1) is 22.2. The zero-order valence-electron chi connectivity index (χ0n) is 27.2. The first kappa shape index (κ1) is 40.4.